The van der Waals surface area contributed by atoms with Crippen LogP contribution < -0.4 is 15.4 Å². The molecule has 2 saturated carbocycles. The van der Waals surface area contributed by atoms with E-state index in [1.807, 2.05) is 104 Å². The number of carbonyl (C=O) groups is 3. The number of nitrogens with one attached hydrogen (secondary N) is 3. The number of rotatable bonds is 13. The van der Waals surface area contributed by atoms with Gasteiger partial charge in [-0.15, -0.1) is 0 Å². The van der Waals surface area contributed by atoms with Crippen LogP contribution in [0.1, 0.15) is 63.1 Å². The van der Waals surface area contributed by atoms with Crippen molar-refractivity contribution in [3.8, 4) is 11.1 Å². The molecule has 0 radical (unpaired) electrons. The maximum absolute atomic E-state index is 14.6. The van der Waals surface area contributed by atoms with Crippen molar-refractivity contribution in [2.45, 2.75) is 88.3 Å². The summed E-state index contributed by atoms with van der Waals surface area (Å²) in [5.74, 6) is -4.04. The van der Waals surface area contributed by atoms with E-state index < -0.39 is 80.9 Å². The lowest BCUT2D eigenvalue weighted by molar-refractivity contribution is -0.143. The Kier molecular flexibility index (Phi) is 10.1. The van der Waals surface area contributed by atoms with Gasteiger partial charge in [-0.2, -0.15) is 0 Å². The molecule has 3 aliphatic carbocycles. The van der Waals surface area contributed by atoms with E-state index in [0.717, 1.165) is 27.8 Å². The smallest absolute Gasteiger partial charge is 0.259 e. The quantitative estimate of drug-likeness (QED) is 0.171. The van der Waals surface area contributed by atoms with Crippen LogP contribution in [0, 0.1) is 11.3 Å². The predicted octanol–water partition coefficient (Wildman–Crippen LogP) is 4.40. The molecular formula is C40H45F2N5O6S. The lowest BCUT2D eigenvalue weighted by Crippen LogP contribution is -2.60. The molecule has 54 heavy (non-hydrogen) atoms. The predicted molar refractivity (Wildman–Crippen MR) is 199 cm³/mol. The van der Waals surface area contributed by atoms with Crippen molar-refractivity contribution in [3.63, 3.8) is 0 Å². The molecule has 0 spiro atoms. The monoisotopic (exact) mass is 761 g/mol. The van der Waals surface area contributed by atoms with E-state index in [9.17, 15) is 31.6 Å². The number of nitrogens with zero attached hydrogens (tertiary/aromatic N) is 2. The Bertz CT molecular complexity index is 2020. The molecule has 1 aliphatic heterocycles. The molecule has 286 valence electrons. The summed E-state index contributed by atoms with van der Waals surface area (Å²) >= 11 is 0. The number of likely N-dealkylation sites (tertiary alicyclic amines) is 1. The number of carbonyl (C=O) groups excluding carboxylic acids is 3. The number of benzene rings is 3. The second-order valence-corrected chi connectivity index (χ2v) is 17.7. The molecular weight excluding hydrogens is 717 g/mol. The maximum Gasteiger partial charge on any atom is 0.259 e. The van der Waals surface area contributed by atoms with Crippen LogP contribution in [0.2, 0.25) is 0 Å². The van der Waals surface area contributed by atoms with Gasteiger partial charge in [0.1, 0.15) is 23.4 Å². The van der Waals surface area contributed by atoms with Gasteiger partial charge in [0.15, 0.2) is 0 Å². The number of fused-ring (bicyclic) bond motifs is 3. The maximum atomic E-state index is 14.6. The van der Waals surface area contributed by atoms with Gasteiger partial charge < -0.3 is 20.4 Å². The summed E-state index contributed by atoms with van der Waals surface area (Å²) in [6.45, 7) is 6.13. The number of hydrogen-bond donors (Lipinski definition) is 3. The second kappa shape index (κ2) is 14.5. The van der Waals surface area contributed by atoms with Crippen LogP contribution in [0.4, 0.5) is 8.78 Å². The summed E-state index contributed by atoms with van der Waals surface area (Å²) in [6, 6.07) is 23.4. The van der Waals surface area contributed by atoms with E-state index in [1.165, 1.54) is 4.90 Å². The van der Waals surface area contributed by atoms with Crippen molar-refractivity contribution >= 4 is 33.5 Å². The molecule has 3 aromatic carbocycles. The third kappa shape index (κ3) is 7.50. The van der Waals surface area contributed by atoms with Crippen LogP contribution >= 0.6 is 0 Å². The number of alkyl halides is 2. The first-order valence-corrected chi connectivity index (χ1v) is 19.9. The topological polar surface area (TPSA) is 146 Å². The van der Waals surface area contributed by atoms with Gasteiger partial charge in [0.25, 0.3) is 5.91 Å². The number of amides is 3. The van der Waals surface area contributed by atoms with Crippen molar-refractivity contribution in [2.75, 3.05) is 13.1 Å². The van der Waals surface area contributed by atoms with Gasteiger partial charge in [-0.25, -0.2) is 17.2 Å². The van der Waals surface area contributed by atoms with Gasteiger partial charge in [0.2, 0.25) is 28.3 Å². The Morgan fingerprint density at radius 3 is 2.07 bits per heavy atom. The summed E-state index contributed by atoms with van der Waals surface area (Å²) in [5.41, 5.74) is 2.66. The highest BCUT2D eigenvalue weighted by atomic mass is 32.2. The highest BCUT2D eigenvalue weighted by molar-refractivity contribution is 7.91. The van der Waals surface area contributed by atoms with Crippen molar-refractivity contribution in [1.29, 1.82) is 0 Å². The zero-order chi connectivity index (χ0) is 38.4. The molecule has 3 N–H and O–H groups in total. The first kappa shape index (κ1) is 37.6. The van der Waals surface area contributed by atoms with Crippen molar-refractivity contribution < 1.29 is 36.4 Å². The molecule has 7 rings (SSSR count). The molecule has 11 nitrogen and oxygen atoms in total. The van der Waals surface area contributed by atoms with Gasteiger partial charge in [0.05, 0.1) is 23.8 Å². The highest BCUT2D eigenvalue weighted by Gasteiger charge is 2.66. The third-order valence-corrected chi connectivity index (χ3v) is 12.6. The van der Waals surface area contributed by atoms with E-state index in [4.69, 9.17) is 4.84 Å². The zero-order valence-corrected chi connectivity index (χ0v) is 31.2. The molecule has 3 fully saturated rings. The Hall–Kier alpha value is -4.69. The average molecular weight is 762 g/mol. The first-order valence-electron chi connectivity index (χ1n) is 18.4. The fourth-order valence-corrected chi connectivity index (χ4v) is 8.92. The second-order valence-electron chi connectivity index (χ2n) is 15.8. The minimum Gasteiger partial charge on any atom is -0.390 e. The molecule has 1 saturated heterocycles. The molecule has 1 unspecified atom stereocenters. The van der Waals surface area contributed by atoms with E-state index in [0.29, 0.717) is 31.5 Å². The van der Waals surface area contributed by atoms with Crippen molar-refractivity contribution in [2.24, 2.45) is 16.5 Å². The Labute approximate surface area is 313 Å². The normalized spacial score (nSPS) is 23.7. The summed E-state index contributed by atoms with van der Waals surface area (Å²) in [6.07, 6.45) is -2.90. The van der Waals surface area contributed by atoms with Gasteiger partial charge >= 0.3 is 0 Å². The third-order valence-electron chi connectivity index (χ3n) is 10.8. The summed E-state index contributed by atoms with van der Waals surface area (Å²) in [7, 11) is -4.08. The fraction of sp³-hybridized carbons (Fsp3) is 0.450. The first-order chi connectivity index (χ1) is 25.7. The largest absolute Gasteiger partial charge is 0.390 e. The average Bonchev–Trinajstić information content (AvgIpc) is 4.05. The molecule has 3 aromatic rings. The summed E-state index contributed by atoms with van der Waals surface area (Å²) < 4.78 is 55.5. The Morgan fingerprint density at radius 1 is 0.926 bits per heavy atom. The number of oxime groups is 1. The molecule has 4 aliphatic rings. The van der Waals surface area contributed by atoms with Crippen LogP contribution in [0.5, 0.6) is 0 Å². The van der Waals surface area contributed by atoms with Gasteiger partial charge in [-0.05, 0) is 54.3 Å². The number of hydrogen-bond acceptors (Lipinski definition) is 8. The zero-order valence-electron chi connectivity index (χ0n) is 30.4. The molecule has 0 bridgehead atoms. The molecule has 5 atom stereocenters. The van der Waals surface area contributed by atoms with Crippen LogP contribution in [0.15, 0.2) is 84.0 Å². The summed E-state index contributed by atoms with van der Waals surface area (Å²) in [5, 5.41) is 9.66. The van der Waals surface area contributed by atoms with Crippen LogP contribution in [0.25, 0.3) is 11.1 Å². The molecule has 1 heterocycles. The number of sulfonamides is 1. The van der Waals surface area contributed by atoms with Crippen molar-refractivity contribution in [1.82, 2.24) is 20.3 Å². The molecule has 14 heteroatoms. The molecule has 3 amide bonds. The van der Waals surface area contributed by atoms with Crippen molar-refractivity contribution in [3.05, 3.63) is 95.6 Å². The lowest BCUT2D eigenvalue weighted by atomic mass is 9.85. The van der Waals surface area contributed by atoms with E-state index in [1.54, 1.807) is 0 Å². The number of halogens is 2. The van der Waals surface area contributed by atoms with Gasteiger partial charge in [-0.1, -0.05) is 105 Å². The summed E-state index contributed by atoms with van der Waals surface area (Å²) in [4.78, 5) is 49.6. The van der Waals surface area contributed by atoms with E-state index in [-0.39, 0.29) is 13.0 Å². The van der Waals surface area contributed by atoms with Crippen LogP contribution in [-0.4, -0.2) is 85.2 Å². The Morgan fingerprint density at radius 2 is 1.52 bits per heavy atom. The van der Waals surface area contributed by atoms with E-state index >= 15 is 0 Å². The van der Waals surface area contributed by atoms with Gasteiger partial charge in [-0.3, -0.25) is 19.1 Å². The SMILES string of the molecule is CC(C)(C)[C@H](NCCc1ccccc1)C(=O)N1C[C@H](ON=C2c3ccccc3-c3ccccc32)CC1C(=O)N[C@@]1(C(=O)NS(=O)(=O)C2CC2)C[C@H]1C(F)F. The molecule has 0 aromatic heterocycles. The fourth-order valence-electron chi connectivity index (χ4n) is 7.56. The van der Waals surface area contributed by atoms with Gasteiger partial charge in [0, 0.05) is 17.5 Å². The van der Waals surface area contributed by atoms with E-state index in [2.05, 4.69) is 15.8 Å². The minimum absolute atomic E-state index is 0.0442. The van der Waals surface area contributed by atoms with Crippen LogP contribution in [0.3, 0.4) is 0 Å². The lowest BCUT2D eigenvalue weighted by Gasteiger charge is -2.36. The van der Waals surface area contributed by atoms with Crippen LogP contribution in [-0.2, 0) is 35.7 Å². The Balaban J connectivity index is 1.16. The standard InChI is InChI=1S/C40H45F2N5O6S/c1-39(2,3)34(43-20-19-24-11-5-4-6-12-24)37(49)47-23-25(53-45-33-29-15-9-7-13-27(29)28-14-8-10-16-30(28)33)21-32(47)36(48)44-40(22-31(40)35(41)42)38(50)46-54(51,52)26-17-18-26/h4-16,25-26,31-32,34-35,43H,17-23H2,1-3H3,(H,44,48)(H,46,50)/t25-,31+,32?,34-,40+/m1/s1. The minimum atomic E-state index is -4.08. The highest BCUT2D eigenvalue weighted by Crippen LogP contribution is 2.48.